The number of nitriles is 1. The van der Waals surface area contributed by atoms with Crippen LogP contribution in [0.4, 0.5) is 18.9 Å². The third-order valence-electron chi connectivity index (χ3n) is 3.99. The smallest absolute Gasteiger partial charge is 0.339 e. The number of alkyl halides is 3. The van der Waals surface area contributed by atoms with Gasteiger partial charge in [0, 0.05) is 26.2 Å². The molecule has 1 aromatic carbocycles. The highest BCUT2D eigenvalue weighted by atomic mass is 32.2. The molecule has 6 nitrogen and oxygen atoms in total. The Morgan fingerprint density at radius 3 is 2.48 bits per heavy atom. The molecule has 0 aromatic heterocycles. The SMILES string of the molecule is N#CCSCC(=O)N1CCN(CC(=O)Nc2ccccc2C(F)(F)F)CC1. The lowest BCUT2D eigenvalue weighted by Crippen LogP contribution is -2.51. The second kappa shape index (κ2) is 9.62. The van der Waals surface area contributed by atoms with E-state index in [0.29, 0.717) is 26.2 Å². The maximum Gasteiger partial charge on any atom is 0.418 e. The van der Waals surface area contributed by atoms with Crippen molar-refractivity contribution in [2.75, 3.05) is 49.5 Å². The highest BCUT2D eigenvalue weighted by Crippen LogP contribution is 2.34. The molecule has 146 valence electrons. The normalized spacial score (nSPS) is 15.3. The molecule has 0 unspecified atom stereocenters. The van der Waals surface area contributed by atoms with Crippen LogP contribution in [0, 0.1) is 11.3 Å². The van der Waals surface area contributed by atoms with Crippen molar-refractivity contribution in [3.8, 4) is 6.07 Å². The van der Waals surface area contributed by atoms with Gasteiger partial charge in [0.05, 0.1) is 35.4 Å². The summed E-state index contributed by atoms with van der Waals surface area (Å²) in [6, 6.07) is 6.79. The van der Waals surface area contributed by atoms with E-state index in [1.165, 1.54) is 30.0 Å². The standard InChI is InChI=1S/C17H19F3N4O2S/c18-17(19,20)13-3-1-2-4-14(13)22-15(25)11-23-6-8-24(9-7-23)16(26)12-27-10-5-21/h1-4H,6-12H2,(H,22,25). The number of halogens is 3. The van der Waals surface area contributed by atoms with Gasteiger partial charge in [0.15, 0.2) is 0 Å². The summed E-state index contributed by atoms with van der Waals surface area (Å²) in [5, 5.41) is 10.8. The molecule has 0 aliphatic carbocycles. The number of benzene rings is 1. The second-order valence-electron chi connectivity index (χ2n) is 5.90. The molecule has 0 atom stereocenters. The predicted molar refractivity (Wildman–Crippen MR) is 96.0 cm³/mol. The quantitative estimate of drug-likeness (QED) is 0.740. The van der Waals surface area contributed by atoms with E-state index >= 15 is 0 Å². The van der Waals surface area contributed by atoms with E-state index in [1.54, 1.807) is 9.80 Å². The molecule has 1 heterocycles. The number of amides is 2. The van der Waals surface area contributed by atoms with Crippen molar-refractivity contribution in [3.63, 3.8) is 0 Å². The number of rotatable bonds is 6. The lowest BCUT2D eigenvalue weighted by molar-refractivity contribution is -0.137. The molecule has 0 saturated carbocycles. The van der Waals surface area contributed by atoms with Crippen molar-refractivity contribution >= 4 is 29.3 Å². The van der Waals surface area contributed by atoms with E-state index in [4.69, 9.17) is 5.26 Å². The molecule has 0 radical (unpaired) electrons. The predicted octanol–water partition coefficient (Wildman–Crippen LogP) is 2.04. The first-order valence-corrected chi connectivity index (χ1v) is 9.37. The maximum atomic E-state index is 13.0. The summed E-state index contributed by atoms with van der Waals surface area (Å²) in [4.78, 5) is 27.5. The van der Waals surface area contributed by atoms with Crippen molar-refractivity contribution in [2.45, 2.75) is 6.18 Å². The number of carbonyl (C=O) groups excluding carboxylic acids is 2. The van der Waals surface area contributed by atoms with Crippen molar-refractivity contribution in [3.05, 3.63) is 29.8 Å². The number of hydrogen-bond donors (Lipinski definition) is 1. The Kier molecular flexibility index (Phi) is 7.50. The second-order valence-corrected chi connectivity index (χ2v) is 6.88. The third kappa shape index (κ3) is 6.45. The van der Waals surface area contributed by atoms with E-state index in [0.717, 1.165) is 6.07 Å². The van der Waals surface area contributed by atoms with Crippen LogP contribution in [0.3, 0.4) is 0 Å². The molecule has 0 spiro atoms. The third-order valence-corrected chi connectivity index (χ3v) is 4.78. The number of para-hydroxylation sites is 1. The zero-order chi connectivity index (χ0) is 19.9. The number of thioether (sulfide) groups is 1. The van der Waals surface area contributed by atoms with E-state index in [1.807, 2.05) is 6.07 Å². The van der Waals surface area contributed by atoms with Gasteiger partial charge < -0.3 is 10.2 Å². The molecular formula is C17H19F3N4O2S. The topological polar surface area (TPSA) is 76.4 Å². The molecule has 1 aliphatic heterocycles. The molecule has 10 heteroatoms. The number of hydrogen-bond acceptors (Lipinski definition) is 5. The van der Waals surface area contributed by atoms with Gasteiger partial charge in [-0.2, -0.15) is 18.4 Å². The Hall–Kier alpha value is -2.25. The van der Waals surface area contributed by atoms with E-state index in [2.05, 4.69) is 5.32 Å². The van der Waals surface area contributed by atoms with Crippen LogP contribution in [0.5, 0.6) is 0 Å². The number of nitrogens with zero attached hydrogens (tertiary/aromatic N) is 3. The van der Waals surface area contributed by atoms with Crippen LogP contribution in [0.2, 0.25) is 0 Å². The van der Waals surface area contributed by atoms with Crippen LogP contribution in [-0.2, 0) is 15.8 Å². The Morgan fingerprint density at radius 1 is 1.19 bits per heavy atom. The van der Waals surface area contributed by atoms with Crippen molar-refractivity contribution in [1.82, 2.24) is 9.80 Å². The summed E-state index contributed by atoms with van der Waals surface area (Å²) < 4.78 is 38.9. The summed E-state index contributed by atoms with van der Waals surface area (Å²) in [7, 11) is 0. The lowest BCUT2D eigenvalue weighted by Gasteiger charge is -2.34. The number of piperazine rings is 1. The maximum absolute atomic E-state index is 13.0. The average molecular weight is 400 g/mol. The van der Waals surface area contributed by atoms with E-state index < -0.39 is 17.6 Å². The number of nitrogens with one attached hydrogen (secondary N) is 1. The Morgan fingerprint density at radius 2 is 1.85 bits per heavy atom. The molecule has 1 saturated heterocycles. The lowest BCUT2D eigenvalue weighted by atomic mass is 10.1. The Bertz CT molecular complexity index is 713. The zero-order valence-electron chi connectivity index (χ0n) is 14.5. The summed E-state index contributed by atoms with van der Waals surface area (Å²) in [5.74, 6) is -0.0948. The Labute approximate surface area is 159 Å². The van der Waals surface area contributed by atoms with Gasteiger partial charge in [-0.25, -0.2) is 0 Å². The zero-order valence-corrected chi connectivity index (χ0v) is 15.3. The summed E-state index contributed by atoms with van der Waals surface area (Å²) in [6.07, 6.45) is -4.54. The first-order chi connectivity index (χ1) is 12.8. The minimum absolute atomic E-state index is 0.0442. The van der Waals surface area contributed by atoms with E-state index in [-0.39, 0.29) is 29.6 Å². The van der Waals surface area contributed by atoms with Crippen molar-refractivity contribution in [2.24, 2.45) is 0 Å². The fraction of sp³-hybridized carbons (Fsp3) is 0.471. The van der Waals surface area contributed by atoms with Gasteiger partial charge in [-0.1, -0.05) is 12.1 Å². The molecule has 2 amide bonds. The van der Waals surface area contributed by atoms with Gasteiger partial charge in [0.2, 0.25) is 11.8 Å². The summed E-state index contributed by atoms with van der Waals surface area (Å²) in [5.41, 5.74) is -1.15. The van der Waals surface area contributed by atoms with Gasteiger partial charge in [0.1, 0.15) is 0 Å². The first kappa shape index (κ1) is 21.1. The molecule has 0 bridgehead atoms. The fourth-order valence-corrected chi connectivity index (χ4v) is 3.21. The largest absolute Gasteiger partial charge is 0.418 e. The molecule has 1 aliphatic rings. The summed E-state index contributed by atoms with van der Waals surface area (Å²) in [6.45, 7) is 1.76. The highest BCUT2D eigenvalue weighted by Gasteiger charge is 2.33. The minimum atomic E-state index is -4.54. The van der Waals surface area contributed by atoms with Crippen LogP contribution in [0.15, 0.2) is 24.3 Å². The van der Waals surface area contributed by atoms with Crippen LogP contribution >= 0.6 is 11.8 Å². The molecular weight excluding hydrogens is 381 g/mol. The molecule has 27 heavy (non-hydrogen) atoms. The number of carbonyl (C=O) groups is 2. The van der Waals surface area contributed by atoms with Gasteiger partial charge in [-0.05, 0) is 12.1 Å². The van der Waals surface area contributed by atoms with Gasteiger partial charge in [0.25, 0.3) is 0 Å². The van der Waals surface area contributed by atoms with Crippen LogP contribution < -0.4 is 5.32 Å². The van der Waals surface area contributed by atoms with Crippen molar-refractivity contribution in [1.29, 1.82) is 5.26 Å². The van der Waals surface area contributed by atoms with Crippen LogP contribution in [0.1, 0.15) is 5.56 Å². The summed E-state index contributed by atoms with van der Waals surface area (Å²) >= 11 is 1.25. The first-order valence-electron chi connectivity index (χ1n) is 8.22. The minimum Gasteiger partial charge on any atom is -0.339 e. The van der Waals surface area contributed by atoms with Gasteiger partial charge in [-0.15, -0.1) is 11.8 Å². The monoisotopic (exact) mass is 400 g/mol. The van der Waals surface area contributed by atoms with Gasteiger partial charge >= 0.3 is 6.18 Å². The number of anilines is 1. The molecule has 1 N–H and O–H groups in total. The Balaban J connectivity index is 1.82. The van der Waals surface area contributed by atoms with E-state index in [9.17, 15) is 22.8 Å². The van der Waals surface area contributed by atoms with Gasteiger partial charge in [-0.3, -0.25) is 14.5 Å². The average Bonchev–Trinajstić information content (AvgIpc) is 2.62. The highest BCUT2D eigenvalue weighted by molar-refractivity contribution is 8.00. The fourth-order valence-electron chi connectivity index (χ4n) is 2.66. The molecule has 1 aromatic rings. The van der Waals surface area contributed by atoms with Crippen LogP contribution in [-0.4, -0.2) is 65.8 Å². The molecule has 2 rings (SSSR count). The van der Waals surface area contributed by atoms with Crippen molar-refractivity contribution < 1.29 is 22.8 Å². The molecule has 1 fully saturated rings. The van der Waals surface area contributed by atoms with Crippen LogP contribution in [0.25, 0.3) is 0 Å².